The molecular formula is C16H19F3N2O3S. The number of hydrogen-bond donors (Lipinski definition) is 1. The number of benzene rings is 1. The number of amides is 1. The van der Waals surface area contributed by atoms with Crippen molar-refractivity contribution < 1.29 is 26.4 Å². The molecule has 25 heavy (non-hydrogen) atoms. The molecular weight excluding hydrogens is 357 g/mol. The van der Waals surface area contributed by atoms with E-state index in [0.717, 1.165) is 6.07 Å². The molecule has 1 N–H and O–H groups in total. The lowest BCUT2D eigenvalue weighted by molar-refractivity contribution is -0.137. The largest absolute Gasteiger partial charge is 0.416 e. The van der Waals surface area contributed by atoms with Gasteiger partial charge in [-0.1, -0.05) is 6.07 Å². The number of aryl methyl sites for hydroxylation is 1. The van der Waals surface area contributed by atoms with Gasteiger partial charge in [-0.2, -0.15) is 17.5 Å². The van der Waals surface area contributed by atoms with Crippen molar-refractivity contribution in [1.29, 1.82) is 0 Å². The first-order valence-corrected chi connectivity index (χ1v) is 9.47. The number of carbonyl (C=O) groups is 1. The molecule has 2 aliphatic rings. The average molecular weight is 376 g/mol. The fourth-order valence-electron chi connectivity index (χ4n) is 3.54. The molecule has 0 atom stereocenters. The van der Waals surface area contributed by atoms with E-state index >= 15 is 0 Å². The molecule has 2 fully saturated rings. The van der Waals surface area contributed by atoms with Gasteiger partial charge >= 0.3 is 6.18 Å². The molecule has 1 spiro atoms. The summed E-state index contributed by atoms with van der Waals surface area (Å²) in [6.45, 7) is 2.32. The molecule has 0 saturated carbocycles. The second-order valence-electron chi connectivity index (χ2n) is 6.67. The molecule has 0 bridgehead atoms. The predicted molar refractivity (Wildman–Crippen MR) is 84.2 cm³/mol. The first-order chi connectivity index (χ1) is 11.6. The van der Waals surface area contributed by atoms with Crippen LogP contribution in [0.25, 0.3) is 0 Å². The minimum Gasteiger partial charge on any atom is -0.356 e. The van der Waals surface area contributed by atoms with Gasteiger partial charge in [0.05, 0.1) is 15.9 Å². The molecule has 5 nitrogen and oxygen atoms in total. The number of carbonyl (C=O) groups excluding carboxylic acids is 1. The van der Waals surface area contributed by atoms with E-state index in [-0.39, 0.29) is 29.5 Å². The van der Waals surface area contributed by atoms with Crippen molar-refractivity contribution in [3.8, 4) is 0 Å². The summed E-state index contributed by atoms with van der Waals surface area (Å²) in [6.07, 6.45) is -3.17. The smallest absolute Gasteiger partial charge is 0.356 e. The Morgan fingerprint density at radius 1 is 1.16 bits per heavy atom. The van der Waals surface area contributed by atoms with Crippen molar-refractivity contribution in [2.45, 2.75) is 37.3 Å². The van der Waals surface area contributed by atoms with E-state index in [2.05, 4.69) is 5.32 Å². The zero-order valence-corrected chi connectivity index (χ0v) is 14.5. The van der Waals surface area contributed by atoms with E-state index in [0.29, 0.717) is 31.9 Å². The van der Waals surface area contributed by atoms with Gasteiger partial charge in [-0.25, -0.2) is 8.42 Å². The third-order valence-corrected chi connectivity index (χ3v) is 7.22. The molecule has 0 aromatic heterocycles. The molecule has 1 amide bonds. The Morgan fingerprint density at radius 3 is 2.32 bits per heavy atom. The van der Waals surface area contributed by atoms with Crippen LogP contribution < -0.4 is 5.32 Å². The van der Waals surface area contributed by atoms with Gasteiger partial charge in [0, 0.05) is 19.6 Å². The van der Waals surface area contributed by atoms with Crippen molar-refractivity contribution in [2.75, 3.05) is 19.6 Å². The Hall–Kier alpha value is -1.61. The molecule has 3 rings (SSSR count). The van der Waals surface area contributed by atoms with Crippen LogP contribution in [-0.4, -0.2) is 38.3 Å². The van der Waals surface area contributed by atoms with Crippen molar-refractivity contribution in [1.82, 2.24) is 9.62 Å². The van der Waals surface area contributed by atoms with Crippen LogP contribution in [0.5, 0.6) is 0 Å². The lowest BCUT2D eigenvalue weighted by Gasteiger charge is -2.36. The fourth-order valence-corrected chi connectivity index (χ4v) is 5.23. The highest BCUT2D eigenvalue weighted by Crippen LogP contribution is 2.40. The fraction of sp³-hybridized carbons (Fsp3) is 0.562. The standard InChI is InChI=1S/C16H19F3N2O3S/c1-11-2-3-12(16(17,18)19)10-13(11)25(23,24)21-8-5-15(6-9-21)4-7-20-14(15)22/h2-3,10H,4-9H2,1H3,(H,20,22). The third-order valence-electron chi connectivity index (χ3n) is 5.18. The highest BCUT2D eigenvalue weighted by molar-refractivity contribution is 7.89. The Kier molecular flexibility index (Phi) is 4.35. The number of piperidine rings is 1. The van der Waals surface area contributed by atoms with Gasteiger partial charge in [0.1, 0.15) is 0 Å². The quantitative estimate of drug-likeness (QED) is 0.861. The van der Waals surface area contributed by atoms with Crippen LogP contribution in [0.1, 0.15) is 30.4 Å². The number of sulfonamides is 1. The van der Waals surface area contributed by atoms with Gasteiger partial charge in [0.25, 0.3) is 0 Å². The summed E-state index contributed by atoms with van der Waals surface area (Å²) in [6, 6.07) is 2.74. The van der Waals surface area contributed by atoms with Crippen LogP contribution in [0.15, 0.2) is 23.1 Å². The van der Waals surface area contributed by atoms with Crippen molar-refractivity contribution in [3.05, 3.63) is 29.3 Å². The SMILES string of the molecule is Cc1ccc(C(F)(F)F)cc1S(=O)(=O)N1CCC2(CCNC2=O)CC1. The summed E-state index contributed by atoms with van der Waals surface area (Å²) < 4.78 is 65.6. The molecule has 2 saturated heterocycles. The van der Waals surface area contributed by atoms with Crippen molar-refractivity contribution >= 4 is 15.9 Å². The topological polar surface area (TPSA) is 66.5 Å². The van der Waals surface area contributed by atoms with Crippen LogP contribution in [0, 0.1) is 12.3 Å². The second-order valence-corrected chi connectivity index (χ2v) is 8.57. The molecule has 2 aliphatic heterocycles. The van der Waals surface area contributed by atoms with E-state index in [9.17, 15) is 26.4 Å². The van der Waals surface area contributed by atoms with E-state index in [1.54, 1.807) is 0 Å². The number of halogens is 3. The zero-order valence-electron chi connectivity index (χ0n) is 13.7. The molecule has 1 aromatic rings. The zero-order chi connectivity index (χ0) is 18.5. The van der Waals surface area contributed by atoms with Gasteiger partial charge in [-0.15, -0.1) is 0 Å². The Balaban J connectivity index is 1.87. The van der Waals surface area contributed by atoms with Crippen molar-refractivity contribution in [2.24, 2.45) is 5.41 Å². The van der Waals surface area contributed by atoms with Crippen LogP contribution in [-0.2, 0) is 21.0 Å². The summed E-state index contributed by atoms with van der Waals surface area (Å²) in [4.78, 5) is 11.7. The Bertz CT molecular complexity index is 797. The molecule has 1 aromatic carbocycles. The lowest BCUT2D eigenvalue weighted by Crippen LogP contribution is -2.46. The van der Waals surface area contributed by atoms with Gasteiger partial charge in [0.2, 0.25) is 15.9 Å². The number of nitrogens with one attached hydrogen (secondary N) is 1. The maximum Gasteiger partial charge on any atom is 0.416 e. The number of nitrogens with zero attached hydrogens (tertiary/aromatic N) is 1. The number of hydrogen-bond acceptors (Lipinski definition) is 3. The Morgan fingerprint density at radius 2 is 1.80 bits per heavy atom. The molecule has 9 heteroatoms. The monoisotopic (exact) mass is 376 g/mol. The summed E-state index contributed by atoms with van der Waals surface area (Å²) in [5.41, 5.74) is -1.25. The minimum absolute atomic E-state index is 0.0557. The summed E-state index contributed by atoms with van der Waals surface area (Å²) in [5.74, 6) is -0.0557. The molecule has 0 radical (unpaired) electrons. The van der Waals surface area contributed by atoms with Gasteiger partial charge in [-0.3, -0.25) is 4.79 Å². The normalized spacial score (nSPS) is 21.5. The predicted octanol–water partition coefficient (Wildman–Crippen LogP) is 2.30. The highest BCUT2D eigenvalue weighted by atomic mass is 32.2. The number of alkyl halides is 3. The van der Waals surface area contributed by atoms with Crippen LogP contribution in [0.4, 0.5) is 13.2 Å². The van der Waals surface area contributed by atoms with Crippen molar-refractivity contribution in [3.63, 3.8) is 0 Å². The van der Waals surface area contributed by atoms with Crippen LogP contribution in [0.2, 0.25) is 0 Å². The highest BCUT2D eigenvalue weighted by Gasteiger charge is 2.46. The average Bonchev–Trinajstić information content (AvgIpc) is 2.87. The van der Waals surface area contributed by atoms with Crippen LogP contribution >= 0.6 is 0 Å². The van der Waals surface area contributed by atoms with E-state index < -0.39 is 27.2 Å². The second kappa shape index (κ2) is 5.98. The minimum atomic E-state index is -4.61. The van der Waals surface area contributed by atoms with Gasteiger partial charge < -0.3 is 5.32 Å². The first-order valence-electron chi connectivity index (χ1n) is 8.03. The molecule has 138 valence electrons. The van der Waals surface area contributed by atoms with E-state index in [4.69, 9.17) is 0 Å². The summed E-state index contributed by atoms with van der Waals surface area (Å²) in [7, 11) is -4.04. The van der Waals surface area contributed by atoms with Gasteiger partial charge in [-0.05, 0) is 43.9 Å². The molecule has 0 aliphatic carbocycles. The van der Waals surface area contributed by atoms with E-state index in [1.165, 1.54) is 17.3 Å². The maximum absolute atomic E-state index is 12.9. The molecule has 0 unspecified atom stereocenters. The lowest BCUT2D eigenvalue weighted by atomic mass is 9.78. The van der Waals surface area contributed by atoms with Gasteiger partial charge in [0.15, 0.2) is 0 Å². The Labute approximate surface area is 144 Å². The first kappa shape index (κ1) is 18.2. The van der Waals surface area contributed by atoms with Crippen LogP contribution in [0.3, 0.4) is 0 Å². The number of rotatable bonds is 2. The summed E-state index contributed by atoms with van der Waals surface area (Å²) >= 11 is 0. The molecule has 2 heterocycles. The third kappa shape index (κ3) is 3.15. The van der Waals surface area contributed by atoms with E-state index in [1.807, 2.05) is 0 Å². The maximum atomic E-state index is 12.9. The summed E-state index contributed by atoms with van der Waals surface area (Å²) in [5, 5.41) is 2.77.